The topological polar surface area (TPSA) is 122 Å². The summed E-state index contributed by atoms with van der Waals surface area (Å²) in [6.45, 7) is 2.56. The van der Waals surface area contributed by atoms with Crippen LogP contribution in [0.25, 0.3) is 0 Å². The Morgan fingerprint density at radius 2 is 2.20 bits per heavy atom. The summed E-state index contributed by atoms with van der Waals surface area (Å²) >= 11 is 0. The number of methoxy groups -OCH3 is 1. The van der Waals surface area contributed by atoms with E-state index >= 15 is 0 Å². The molecule has 1 aliphatic heterocycles. The molecule has 0 aliphatic carbocycles. The first-order chi connectivity index (χ1) is 11.8. The summed E-state index contributed by atoms with van der Waals surface area (Å²) in [6, 6.07) is 3.58. The van der Waals surface area contributed by atoms with Crippen LogP contribution in [0.4, 0.5) is 11.4 Å². The number of anilines is 1. The van der Waals surface area contributed by atoms with Gasteiger partial charge in [-0.25, -0.2) is 0 Å². The van der Waals surface area contributed by atoms with E-state index in [2.05, 4.69) is 5.32 Å². The highest BCUT2D eigenvalue weighted by molar-refractivity contribution is 5.96. The van der Waals surface area contributed by atoms with Crippen molar-refractivity contribution in [2.75, 3.05) is 25.5 Å². The lowest BCUT2D eigenvalue weighted by Gasteiger charge is -2.34. The molecule has 0 saturated carbocycles. The van der Waals surface area contributed by atoms with Gasteiger partial charge in [0.15, 0.2) is 0 Å². The van der Waals surface area contributed by atoms with Gasteiger partial charge in [-0.1, -0.05) is 0 Å². The van der Waals surface area contributed by atoms with Crippen molar-refractivity contribution in [3.63, 3.8) is 0 Å². The van der Waals surface area contributed by atoms with Gasteiger partial charge in [-0.2, -0.15) is 0 Å². The summed E-state index contributed by atoms with van der Waals surface area (Å²) in [6.07, 6.45) is 1.28. The molecular weight excluding hydrogens is 330 g/mol. The molecular formula is C16H21N3O6. The Morgan fingerprint density at radius 3 is 2.80 bits per heavy atom. The van der Waals surface area contributed by atoms with Crippen LogP contribution in [0.1, 0.15) is 19.8 Å². The summed E-state index contributed by atoms with van der Waals surface area (Å²) < 4.78 is 4.96. The van der Waals surface area contributed by atoms with Crippen molar-refractivity contribution in [1.82, 2.24) is 4.90 Å². The van der Waals surface area contributed by atoms with Crippen LogP contribution >= 0.6 is 0 Å². The van der Waals surface area contributed by atoms with Crippen molar-refractivity contribution in [3.8, 4) is 5.75 Å². The zero-order valence-corrected chi connectivity index (χ0v) is 14.1. The predicted octanol–water partition coefficient (Wildman–Crippen LogP) is 1.73. The molecule has 9 heteroatoms. The molecule has 2 rings (SSSR count). The van der Waals surface area contributed by atoms with E-state index in [9.17, 15) is 19.7 Å². The van der Waals surface area contributed by atoms with Crippen LogP contribution in [0, 0.1) is 16.0 Å². The Bertz CT molecular complexity index is 678. The highest BCUT2D eigenvalue weighted by Gasteiger charge is 2.31. The van der Waals surface area contributed by atoms with Crippen LogP contribution in [0.15, 0.2) is 18.2 Å². The van der Waals surface area contributed by atoms with Crippen LogP contribution < -0.4 is 10.1 Å². The fourth-order valence-electron chi connectivity index (χ4n) is 2.86. The molecule has 1 amide bonds. The van der Waals surface area contributed by atoms with Gasteiger partial charge in [-0.05, 0) is 38.4 Å². The lowest BCUT2D eigenvalue weighted by molar-refractivity contribution is -0.384. The molecule has 0 aromatic heterocycles. The Morgan fingerprint density at radius 1 is 1.48 bits per heavy atom. The Hall–Kier alpha value is -2.68. The van der Waals surface area contributed by atoms with Gasteiger partial charge in [0.05, 0.1) is 30.1 Å². The number of carboxylic acids is 1. The lowest BCUT2D eigenvalue weighted by Crippen LogP contribution is -2.48. The number of carbonyl (C=O) groups is 2. The summed E-state index contributed by atoms with van der Waals surface area (Å²) in [5.41, 5.74) is -0.184. The van der Waals surface area contributed by atoms with E-state index in [1.54, 1.807) is 11.8 Å². The third-order valence-electron chi connectivity index (χ3n) is 4.39. The van der Waals surface area contributed by atoms with Crippen molar-refractivity contribution in [2.24, 2.45) is 5.92 Å². The van der Waals surface area contributed by atoms with Gasteiger partial charge in [0.1, 0.15) is 11.4 Å². The van der Waals surface area contributed by atoms with Crippen molar-refractivity contribution >= 4 is 23.3 Å². The molecule has 25 heavy (non-hydrogen) atoms. The number of nitrogens with one attached hydrogen (secondary N) is 1. The summed E-state index contributed by atoms with van der Waals surface area (Å²) in [5, 5.41) is 22.9. The minimum absolute atomic E-state index is 0.0782. The highest BCUT2D eigenvalue weighted by atomic mass is 16.6. The summed E-state index contributed by atoms with van der Waals surface area (Å²) in [5.74, 6) is -1.47. The average Bonchev–Trinajstić information content (AvgIpc) is 2.61. The third kappa shape index (κ3) is 4.44. The molecule has 2 N–H and O–H groups in total. The molecule has 0 bridgehead atoms. The largest absolute Gasteiger partial charge is 0.496 e. The number of likely N-dealkylation sites (tertiary alicyclic amines) is 1. The Kier molecular flexibility index (Phi) is 5.92. The van der Waals surface area contributed by atoms with Gasteiger partial charge in [0.2, 0.25) is 5.91 Å². The number of ether oxygens (including phenoxy) is 1. The molecule has 1 aliphatic rings. The zero-order valence-electron chi connectivity index (χ0n) is 14.1. The number of rotatable bonds is 6. The van der Waals surface area contributed by atoms with E-state index in [1.807, 2.05) is 0 Å². The van der Waals surface area contributed by atoms with Gasteiger partial charge in [-0.15, -0.1) is 0 Å². The summed E-state index contributed by atoms with van der Waals surface area (Å²) in [7, 11) is 1.40. The van der Waals surface area contributed by atoms with Gasteiger partial charge >= 0.3 is 5.97 Å². The van der Waals surface area contributed by atoms with Crippen molar-refractivity contribution < 1.29 is 24.4 Å². The number of piperidine rings is 1. The van der Waals surface area contributed by atoms with E-state index in [0.29, 0.717) is 25.1 Å². The number of aliphatic carboxylic acids is 1. The fraction of sp³-hybridized carbons (Fsp3) is 0.500. The average molecular weight is 351 g/mol. The number of benzene rings is 1. The normalized spacial score (nSPS) is 19.0. The monoisotopic (exact) mass is 351 g/mol. The maximum atomic E-state index is 12.5. The van der Waals surface area contributed by atoms with Crippen LogP contribution in [-0.4, -0.2) is 53.0 Å². The molecule has 2 atom stereocenters. The maximum absolute atomic E-state index is 12.5. The van der Waals surface area contributed by atoms with Gasteiger partial charge in [-0.3, -0.25) is 24.6 Å². The molecule has 9 nitrogen and oxygen atoms in total. The van der Waals surface area contributed by atoms with E-state index in [0.717, 1.165) is 0 Å². The molecule has 2 unspecified atom stereocenters. The van der Waals surface area contributed by atoms with E-state index in [-0.39, 0.29) is 17.9 Å². The molecule has 1 saturated heterocycles. The SMILES string of the molecule is COc1ccc(NC(=O)C(C)N2CCCC(C(=O)O)C2)c([N+](=O)[O-])c1. The van der Waals surface area contributed by atoms with Crippen LogP contribution in [0.3, 0.4) is 0 Å². The van der Waals surface area contributed by atoms with E-state index in [1.165, 1.54) is 25.3 Å². The van der Waals surface area contributed by atoms with Gasteiger partial charge in [0, 0.05) is 6.54 Å². The van der Waals surface area contributed by atoms with Crippen molar-refractivity contribution in [3.05, 3.63) is 28.3 Å². The quantitative estimate of drug-likeness (QED) is 0.591. The molecule has 1 heterocycles. The van der Waals surface area contributed by atoms with Gasteiger partial charge in [0.25, 0.3) is 5.69 Å². The number of hydrogen-bond donors (Lipinski definition) is 2. The highest BCUT2D eigenvalue weighted by Crippen LogP contribution is 2.29. The number of amides is 1. The van der Waals surface area contributed by atoms with E-state index < -0.39 is 28.8 Å². The van der Waals surface area contributed by atoms with Crippen LogP contribution in [0.2, 0.25) is 0 Å². The first-order valence-electron chi connectivity index (χ1n) is 7.93. The lowest BCUT2D eigenvalue weighted by atomic mass is 9.97. The Labute approximate surface area is 144 Å². The minimum Gasteiger partial charge on any atom is -0.496 e. The molecule has 1 fully saturated rings. The maximum Gasteiger partial charge on any atom is 0.307 e. The molecule has 0 radical (unpaired) electrons. The standard InChI is InChI=1S/C16H21N3O6/c1-10(18-7-3-4-11(9-18)16(21)22)15(20)17-13-6-5-12(25-2)8-14(13)19(23)24/h5-6,8,10-11H,3-4,7,9H2,1-2H3,(H,17,20)(H,21,22). The first kappa shape index (κ1) is 18.7. The molecule has 1 aromatic rings. The van der Waals surface area contributed by atoms with Crippen LogP contribution in [0.5, 0.6) is 5.75 Å². The summed E-state index contributed by atoms with van der Waals surface area (Å²) in [4.78, 5) is 36.0. The molecule has 136 valence electrons. The first-order valence-corrected chi connectivity index (χ1v) is 7.93. The van der Waals surface area contributed by atoms with Crippen molar-refractivity contribution in [2.45, 2.75) is 25.8 Å². The van der Waals surface area contributed by atoms with E-state index in [4.69, 9.17) is 9.84 Å². The third-order valence-corrected chi connectivity index (χ3v) is 4.39. The number of carboxylic acid groups (broad SMARTS) is 1. The number of hydrogen-bond acceptors (Lipinski definition) is 6. The number of carbonyl (C=O) groups excluding carboxylic acids is 1. The number of nitrogens with zero attached hydrogens (tertiary/aromatic N) is 2. The smallest absolute Gasteiger partial charge is 0.307 e. The van der Waals surface area contributed by atoms with Crippen LogP contribution in [-0.2, 0) is 9.59 Å². The predicted molar refractivity (Wildman–Crippen MR) is 89.7 cm³/mol. The van der Waals surface area contributed by atoms with Gasteiger partial charge < -0.3 is 15.2 Å². The second kappa shape index (κ2) is 7.93. The zero-order chi connectivity index (χ0) is 18.6. The second-order valence-electron chi connectivity index (χ2n) is 5.98. The number of nitro benzene ring substituents is 1. The molecule has 1 aromatic carbocycles. The Balaban J connectivity index is 2.11. The fourth-order valence-corrected chi connectivity index (χ4v) is 2.86. The second-order valence-corrected chi connectivity index (χ2v) is 5.98. The minimum atomic E-state index is -0.872. The molecule has 0 spiro atoms. The number of nitro groups is 1. The van der Waals surface area contributed by atoms with Crippen molar-refractivity contribution in [1.29, 1.82) is 0 Å².